The van der Waals surface area contributed by atoms with E-state index < -0.39 is 6.03 Å². The van der Waals surface area contributed by atoms with Gasteiger partial charge in [0.2, 0.25) is 0 Å². The molecule has 0 radical (unpaired) electrons. The molecule has 4 aromatic rings. The molecule has 6 nitrogen and oxygen atoms in total. The van der Waals surface area contributed by atoms with Gasteiger partial charge in [-0.1, -0.05) is 30.3 Å². The Hall–Kier alpha value is -3.65. The van der Waals surface area contributed by atoms with Gasteiger partial charge >= 0.3 is 6.03 Å². The number of aromatic nitrogens is 2. The molecular formula is C25H22BrFN4O2. The third-order valence-electron chi connectivity index (χ3n) is 5.06. The van der Waals surface area contributed by atoms with Crippen LogP contribution in [0, 0.1) is 5.82 Å². The van der Waals surface area contributed by atoms with Crippen LogP contribution in [0.4, 0.5) is 20.6 Å². The van der Waals surface area contributed by atoms with Crippen LogP contribution in [0.15, 0.2) is 83.5 Å². The SMILES string of the molecule is CC(Oc1ccc(NC(=O)Nc2ccc(F)cc2)cc1-c1c(Br)cnn1C)c1ccccc1. The van der Waals surface area contributed by atoms with Crippen molar-refractivity contribution in [2.75, 3.05) is 10.6 Å². The molecule has 4 rings (SSSR count). The number of carbonyl (C=O) groups is 1. The maximum Gasteiger partial charge on any atom is 0.323 e. The van der Waals surface area contributed by atoms with Crippen LogP contribution < -0.4 is 15.4 Å². The Morgan fingerprint density at radius 3 is 2.36 bits per heavy atom. The van der Waals surface area contributed by atoms with Crippen molar-refractivity contribution in [1.82, 2.24) is 9.78 Å². The van der Waals surface area contributed by atoms with Crippen molar-refractivity contribution < 1.29 is 13.9 Å². The number of rotatable bonds is 6. The van der Waals surface area contributed by atoms with Crippen LogP contribution in [0.3, 0.4) is 0 Å². The molecule has 8 heteroatoms. The number of nitrogens with one attached hydrogen (secondary N) is 2. The van der Waals surface area contributed by atoms with E-state index >= 15 is 0 Å². The number of urea groups is 1. The molecule has 3 aromatic carbocycles. The van der Waals surface area contributed by atoms with Gasteiger partial charge in [0.25, 0.3) is 0 Å². The summed E-state index contributed by atoms with van der Waals surface area (Å²) < 4.78 is 21.9. The number of amides is 2. The van der Waals surface area contributed by atoms with Gasteiger partial charge in [0.15, 0.2) is 0 Å². The fourth-order valence-corrected chi connectivity index (χ4v) is 3.98. The number of nitrogens with zero attached hydrogens (tertiary/aromatic N) is 2. The second-order valence-electron chi connectivity index (χ2n) is 7.43. The van der Waals surface area contributed by atoms with Crippen molar-refractivity contribution in [2.24, 2.45) is 7.05 Å². The van der Waals surface area contributed by atoms with Gasteiger partial charge in [-0.25, -0.2) is 9.18 Å². The standard InChI is InChI=1S/C25H22BrFN4O2/c1-16(17-6-4-3-5-7-17)33-23-13-12-20(14-21(23)24-22(26)15-28-31(24)2)30-25(32)29-19-10-8-18(27)9-11-19/h3-16H,1-2H3,(H2,29,30,32). The minimum atomic E-state index is -0.442. The van der Waals surface area contributed by atoms with Gasteiger partial charge in [0.1, 0.15) is 17.7 Å². The van der Waals surface area contributed by atoms with Crippen LogP contribution in [0.1, 0.15) is 18.6 Å². The van der Waals surface area contributed by atoms with Gasteiger partial charge in [-0.3, -0.25) is 4.68 Å². The Labute approximate surface area is 199 Å². The second kappa shape index (κ2) is 9.87. The smallest absolute Gasteiger partial charge is 0.323 e. The van der Waals surface area contributed by atoms with E-state index in [-0.39, 0.29) is 11.9 Å². The number of halogens is 2. The highest BCUT2D eigenvalue weighted by molar-refractivity contribution is 9.10. The molecule has 33 heavy (non-hydrogen) atoms. The molecule has 2 N–H and O–H groups in total. The topological polar surface area (TPSA) is 68.2 Å². The minimum absolute atomic E-state index is 0.183. The zero-order valence-corrected chi connectivity index (χ0v) is 19.6. The predicted octanol–water partition coefficient (Wildman–Crippen LogP) is 6.77. The van der Waals surface area contributed by atoms with Gasteiger partial charge in [-0.2, -0.15) is 5.10 Å². The van der Waals surface area contributed by atoms with Gasteiger partial charge in [-0.05, 0) is 70.9 Å². The summed E-state index contributed by atoms with van der Waals surface area (Å²) in [5, 5.41) is 9.81. The largest absolute Gasteiger partial charge is 0.485 e. The summed E-state index contributed by atoms with van der Waals surface area (Å²) in [5.74, 6) is 0.285. The third-order valence-corrected chi connectivity index (χ3v) is 5.64. The average molecular weight is 509 g/mol. The zero-order valence-electron chi connectivity index (χ0n) is 18.0. The number of carbonyl (C=O) groups excluding carboxylic acids is 1. The number of ether oxygens (including phenoxy) is 1. The van der Waals surface area contributed by atoms with Gasteiger partial charge < -0.3 is 15.4 Å². The van der Waals surface area contributed by atoms with Crippen molar-refractivity contribution in [3.8, 4) is 17.0 Å². The Morgan fingerprint density at radius 1 is 1.03 bits per heavy atom. The third kappa shape index (κ3) is 5.40. The molecule has 0 aliphatic carbocycles. The van der Waals surface area contributed by atoms with Crippen LogP contribution in [-0.4, -0.2) is 15.8 Å². The quantitative estimate of drug-likeness (QED) is 0.301. The summed E-state index contributed by atoms with van der Waals surface area (Å²) in [5.41, 5.74) is 3.68. The number of hydrogen-bond acceptors (Lipinski definition) is 3. The number of anilines is 2. The predicted molar refractivity (Wildman–Crippen MR) is 131 cm³/mol. The number of benzene rings is 3. The molecule has 1 heterocycles. The van der Waals surface area contributed by atoms with Crippen molar-refractivity contribution in [1.29, 1.82) is 0 Å². The second-order valence-corrected chi connectivity index (χ2v) is 8.29. The first-order valence-electron chi connectivity index (χ1n) is 10.3. The molecule has 1 unspecified atom stereocenters. The van der Waals surface area contributed by atoms with Crippen molar-refractivity contribution in [3.05, 3.63) is 94.8 Å². The van der Waals surface area contributed by atoms with E-state index in [0.717, 1.165) is 21.3 Å². The summed E-state index contributed by atoms with van der Waals surface area (Å²) in [7, 11) is 1.84. The molecule has 0 saturated carbocycles. The van der Waals surface area contributed by atoms with Crippen LogP contribution in [-0.2, 0) is 7.05 Å². The van der Waals surface area contributed by atoms with Crippen molar-refractivity contribution >= 4 is 33.3 Å². The highest BCUT2D eigenvalue weighted by atomic mass is 79.9. The van der Waals surface area contributed by atoms with E-state index in [2.05, 4.69) is 31.7 Å². The summed E-state index contributed by atoms with van der Waals surface area (Å²) in [6, 6.07) is 20.5. The molecule has 0 fully saturated rings. The zero-order chi connectivity index (χ0) is 23.4. The number of aryl methyl sites for hydroxylation is 1. The maximum atomic E-state index is 13.1. The highest BCUT2D eigenvalue weighted by Crippen LogP contribution is 2.38. The van der Waals surface area contributed by atoms with Crippen LogP contribution in [0.2, 0.25) is 0 Å². The lowest BCUT2D eigenvalue weighted by Crippen LogP contribution is -2.19. The molecule has 1 atom stereocenters. The highest BCUT2D eigenvalue weighted by Gasteiger charge is 2.18. The molecule has 0 spiro atoms. The van der Waals surface area contributed by atoms with Gasteiger partial charge in [-0.15, -0.1) is 0 Å². The molecule has 168 valence electrons. The summed E-state index contributed by atoms with van der Waals surface area (Å²) in [4.78, 5) is 12.5. The summed E-state index contributed by atoms with van der Waals surface area (Å²) in [6.07, 6.45) is 1.53. The fraction of sp³-hybridized carbons (Fsp3) is 0.120. The van der Waals surface area contributed by atoms with E-state index in [1.807, 2.05) is 56.4 Å². The lowest BCUT2D eigenvalue weighted by Gasteiger charge is -2.19. The maximum absolute atomic E-state index is 13.1. The molecule has 0 aliphatic heterocycles. The monoisotopic (exact) mass is 508 g/mol. The van der Waals surface area contributed by atoms with E-state index in [1.54, 1.807) is 16.9 Å². The van der Waals surface area contributed by atoms with Crippen LogP contribution in [0.25, 0.3) is 11.3 Å². The van der Waals surface area contributed by atoms with E-state index in [0.29, 0.717) is 17.1 Å². The fourth-order valence-electron chi connectivity index (χ4n) is 3.42. The van der Waals surface area contributed by atoms with E-state index in [9.17, 15) is 9.18 Å². The first-order valence-corrected chi connectivity index (χ1v) is 11.1. The van der Waals surface area contributed by atoms with Gasteiger partial charge in [0, 0.05) is 24.0 Å². The number of hydrogen-bond donors (Lipinski definition) is 2. The van der Waals surface area contributed by atoms with E-state index in [4.69, 9.17) is 4.74 Å². The Morgan fingerprint density at radius 2 is 1.70 bits per heavy atom. The lowest BCUT2D eigenvalue weighted by atomic mass is 10.1. The first kappa shape index (κ1) is 22.5. The summed E-state index contributed by atoms with van der Waals surface area (Å²) in [6.45, 7) is 1.99. The van der Waals surface area contributed by atoms with E-state index in [1.165, 1.54) is 24.3 Å². The molecule has 0 saturated heterocycles. The lowest BCUT2D eigenvalue weighted by molar-refractivity contribution is 0.228. The Balaban J connectivity index is 1.61. The first-order chi connectivity index (χ1) is 15.9. The molecule has 1 aromatic heterocycles. The molecule has 0 aliphatic rings. The molecule has 0 bridgehead atoms. The molecular weight excluding hydrogens is 487 g/mol. The normalized spacial score (nSPS) is 11.6. The minimum Gasteiger partial charge on any atom is -0.485 e. The van der Waals surface area contributed by atoms with Crippen molar-refractivity contribution in [2.45, 2.75) is 13.0 Å². The van der Waals surface area contributed by atoms with Crippen LogP contribution in [0.5, 0.6) is 5.75 Å². The van der Waals surface area contributed by atoms with Crippen molar-refractivity contribution in [3.63, 3.8) is 0 Å². The Bertz CT molecular complexity index is 1240. The summed E-state index contributed by atoms with van der Waals surface area (Å²) >= 11 is 3.56. The van der Waals surface area contributed by atoms with Gasteiger partial charge in [0.05, 0.1) is 16.4 Å². The Kier molecular flexibility index (Phi) is 6.74. The van der Waals surface area contributed by atoms with Crippen LogP contribution >= 0.6 is 15.9 Å². The molecule has 2 amide bonds. The average Bonchev–Trinajstić information content (AvgIpc) is 3.14.